The van der Waals surface area contributed by atoms with Crippen LogP contribution in [0.4, 0.5) is 10.1 Å². The number of halogens is 1. The molecule has 158 valence electrons. The number of aryl methyl sites for hydroxylation is 1. The Morgan fingerprint density at radius 3 is 2.48 bits per heavy atom. The molecule has 1 heterocycles. The summed E-state index contributed by atoms with van der Waals surface area (Å²) in [4.78, 5) is 4.03. The summed E-state index contributed by atoms with van der Waals surface area (Å²) in [6.07, 6.45) is 6.47. The van der Waals surface area contributed by atoms with Gasteiger partial charge in [-0.05, 0) is 60.5 Å². The van der Waals surface area contributed by atoms with Crippen molar-refractivity contribution in [1.29, 1.82) is 0 Å². The molecule has 0 spiro atoms. The maximum atomic E-state index is 13.0. The minimum absolute atomic E-state index is 0.284. The standard InChI is InChI=1S/C25H24FN3O2/c26-21-7-11-24(12-8-21)31-25-4-1-3-22(17-25)28-18-20-5-9-23(10-6-20)30-16-2-14-29-15-13-27-19-29/h1,3-13,15,17,19,28H,2,14,16,18H2. The van der Waals surface area contributed by atoms with Gasteiger partial charge in [-0.1, -0.05) is 18.2 Å². The molecular formula is C25H24FN3O2. The molecule has 0 radical (unpaired) electrons. The summed E-state index contributed by atoms with van der Waals surface area (Å²) in [6, 6.07) is 21.7. The van der Waals surface area contributed by atoms with E-state index >= 15 is 0 Å². The first-order chi connectivity index (χ1) is 15.2. The van der Waals surface area contributed by atoms with Gasteiger partial charge in [0.1, 0.15) is 23.1 Å². The molecule has 0 fully saturated rings. The normalized spacial score (nSPS) is 10.6. The molecule has 0 saturated carbocycles. The van der Waals surface area contributed by atoms with E-state index in [1.807, 2.05) is 53.5 Å². The average Bonchev–Trinajstić information content (AvgIpc) is 3.32. The van der Waals surface area contributed by atoms with Crippen LogP contribution in [0.1, 0.15) is 12.0 Å². The van der Waals surface area contributed by atoms with Crippen molar-refractivity contribution >= 4 is 5.69 Å². The maximum Gasteiger partial charge on any atom is 0.129 e. The van der Waals surface area contributed by atoms with Crippen LogP contribution in [0.3, 0.4) is 0 Å². The number of hydrogen-bond acceptors (Lipinski definition) is 4. The van der Waals surface area contributed by atoms with Crippen LogP contribution < -0.4 is 14.8 Å². The van der Waals surface area contributed by atoms with E-state index < -0.39 is 0 Å². The molecule has 0 atom stereocenters. The molecule has 0 aliphatic rings. The third kappa shape index (κ3) is 6.34. The predicted molar refractivity (Wildman–Crippen MR) is 119 cm³/mol. The lowest BCUT2D eigenvalue weighted by Gasteiger charge is -2.11. The number of nitrogens with zero attached hydrogens (tertiary/aromatic N) is 2. The summed E-state index contributed by atoms with van der Waals surface area (Å²) < 4.78 is 26.7. The zero-order valence-electron chi connectivity index (χ0n) is 17.1. The molecule has 0 aliphatic carbocycles. The van der Waals surface area contributed by atoms with Gasteiger partial charge in [0.2, 0.25) is 0 Å². The van der Waals surface area contributed by atoms with Gasteiger partial charge in [0.05, 0.1) is 12.9 Å². The fourth-order valence-electron chi connectivity index (χ4n) is 3.07. The van der Waals surface area contributed by atoms with Gasteiger partial charge in [0.25, 0.3) is 0 Å². The Balaban J connectivity index is 1.23. The summed E-state index contributed by atoms with van der Waals surface area (Å²) in [5.74, 6) is 1.87. The highest BCUT2D eigenvalue weighted by Crippen LogP contribution is 2.24. The molecular weight excluding hydrogens is 393 g/mol. The third-order valence-electron chi connectivity index (χ3n) is 4.69. The lowest BCUT2D eigenvalue weighted by atomic mass is 10.2. The monoisotopic (exact) mass is 417 g/mol. The zero-order chi connectivity index (χ0) is 21.3. The van der Waals surface area contributed by atoms with Crippen molar-refractivity contribution in [3.05, 3.63) is 103 Å². The van der Waals surface area contributed by atoms with Gasteiger partial charge in [-0.3, -0.25) is 0 Å². The second kappa shape index (κ2) is 10.3. The second-order valence-corrected chi connectivity index (χ2v) is 7.08. The van der Waals surface area contributed by atoms with Crippen molar-refractivity contribution < 1.29 is 13.9 Å². The van der Waals surface area contributed by atoms with E-state index in [-0.39, 0.29) is 5.82 Å². The van der Waals surface area contributed by atoms with E-state index in [1.165, 1.54) is 12.1 Å². The highest BCUT2D eigenvalue weighted by atomic mass is 19.1. The Morgan fingerprint density at radius 2 is 1.71 bits per heavy atom. The third-order valence-corrected chi connectivity index (χ3v) is 4.69. The zero-order valence-corrected chi connectivity index (χ0v) is 17.1. The highest BCUT2D eigenvalue weighted by molar-refractivity contribution is 5.49. The van der Waals surface area contributed by atoms with Gasteiger partial charge in [-0.25, -0.2) is 9.37 Å². The molecule has 0 bridgehead atoms. The Bertz CT molecular complexity index is 1060. The Labute approximate surface area is 181 Å². The number of rotatable bonds is 10. The molecule has 0 unspecified atom stereocenters. The van der Waals surface area contributed by atoms with E-state index in [4.69, 9.17) is 9.47 Å². The van der Waals surface area contributed by atoms with Crippen LogP contribution >= 0.6 is 0 Å². The SMILES string of the molecule is Fc1ccc(Oc2cccc(NCc3ccc(OCCCn4ccnc4)cc3)c2)cc1. The molecule has 1 aromatic heterocycles. The smallest absolute Gasteiger partial charge is 0.129 e. The Morgan fingerprint density at radius 1 is 0.903 bits per heavy atom. The summed E-state index contributed by atoms with van der Waals surface area (Å²) >= 11 is 0. The highest BCUT2D eigenvalue weighted by Gasteiger charge is 2.01. The minimum atomic E-state index is -0.284. The van der Waals surface area contributed by atoms with E-state index in [0.29, 0.717) is 24.7 Å². The minimum Gasteiger partial charge on any atom is -0.494 e. The molecule has 5 nitrogen and oxygen atoms in total. The van der Waals surface area contributed by atoms with Crippen molar-refractivity contribution in [3.8, 4) is 17.2 Å². The number of anilines is 1. The van der Waals surface area contributed by atoms with Gasteiger partial charge in [-0.15, -0.1) is 0 Å². The number of ether oxygens (including phenoxy) is 2. The van der Waals surface area contributed by atoms with Crippen LogP contribution in [-0.2, 0) is 13.1 Å². The van der Waals surface area contributed by atoms with Crippen molar-refractivity contribution in [2.75, 3.05) is 11.9 Å². The summed E-state index contributed by atoms with van der Waals surface area (Å²) in [6.45, 7) is 2.24. The first-order valence-corrected chi connectivity index (χ1v) is 10.2. The number of aromatic nitrogens is 2. The summed E-state index contributed by atoms with van der Waals surface area (Å²) in [5.41, 5.74) is 2.09. The molecule has 0 amide bonds. The maximum absolute atomic E-state index is 13.0. The lowest BCUT2D eigenvalue weighted by molar-refractivity contribution is 0.301. The van der Waals surface area contributed by atoms with Crippen LogP contribution in [0.15, 0.2) is 91.5 Å². The number of imidazole rings is 1. The van der Waals surface area contributed by atoms with Crippen LogP contribution in [0.2, 0.25) is 0 Å². The molecule has 0 saturated heterocycles. The molecule has 3 aromatic carbocycles. The second-order valence-electron chi connectivity index (χ2n) is 7.08. The van der Waals surface area contributed by atoms with Crippen LogP contribution in [0.5, 0.6) is 17.2 Å². The van der Waals surface area contributed by atoms with Gasteiger partial charge >= 0.3 is 0 Å². The summed E-state index contributed by atoms with van der Waals surface area (Å²) in [7, 11) is 0. The Hall–Kier alpha value is -3.80. The molecule has 0 aliphatic heterocycles. The van der Waals surface area contributed by atoms with Crippen LogP contribution in [0, 0.1) is 5.82 Å². The average molecular weight is 417 g/mol. The molecule has 4 rings (SSSR count). The van der Waals surface area contributed by atoms with E-state index in [1.54, 1.807) is 18.3 Å². The largest absolute Gasteiger partial charge is 0.494 e. The molecule has 31 heavy (non-hydrogen) atoms. The lowest BCUT2D eigenvalue weighted by Crippen LogP contribution is -2.03. The van der Waals surface area contributed by atoms with Crippen LogP contribution in [0.25, 0.3) is 0 Å². The van der Waals surface area contributed by atoms with Gasteiger partial charge in [0, 0.05) is 37.2 Å². The Kier molecular flexibility index (Phi) is 6.80. The van der Waals surface area contributed by atoms with Crippen molar-refractivity contribution in [2.24, 2.45) is 0 Å². The number of nitrogens with one attached hydrogen (secondary N) is 1. The van der Waals surface area contributed by atoms with Gasteiger partial charge < -0.3 is 19.4 Å². The number of benzene rings is 3. The van der Waals surface area contributed by atoms with E-state index in [9.17, 15) is 4.39 Å². The molecule has 1 N–H and O–H groups in total. The predicted octanol–water partition coefficient (Wildman–Crippen LogP) is 5.90. The fourth-order valence-corrected chi connectivity index (χ4v) is 3.07. The van der Waals surface area contributed by atoms with Gasteiger partial charge in [-0.2, -0.15) is 0 Å². The van der Waals surface area contributed by atoms with E-state index in [0.717, 1.165) is 30.0 Å². The van der Waals surface area contributed by atoms with Crippen molar-refractivity contribution in [2.45, 2.75) is 19.5 Å². The number of hydrogen-bond donors (Lipinski definition) is 1. The van der Waals surface area contributed by atoms with Crippen LogP contribution in [-0.4, -0.2) is 16.2 Å². The first kappa shape index (κ1) is 20.5. The topological polar surface area (TPSA) is 48.3 Å². The summed E-state index contributed by atoms with van der Waals surface area (Å²) in [5, 5.41) is 3.39. The fraction of sp³-hybridized carbons (Fsp3) is 0.160. The quantitative estimate of drug-likeness (QED) is 0.327. The van der Waals surface area contributed by atoms with E-state index in [2.05, 4.69) is 22.4 Å². The van der Waals surface area contributed by atoms with Crippen molar-refractivity contribution in [3.63, 3.8) is 0 Å². The first-order valence-electron chi connectivity index (χ1n) is 10.2. The van der Waals surface area contributed by atoms with Gasteiger partial charge in [0.15, 0.2) is 0 Å². The van der Waals surface area contributed by atoms with Crippen molar-refractivity contribution in [1.82, 2.24) is 9.55 Å². The molecule has 4 aromatic rings. The molecule has 6 heteroatoms.